The molecule has 0 bridgehead atoms. The molecule has 0 unspecified atom stereocenters. The van der Waals surface area contributed by atoms with Crippen LogP contribution in [-0.2, 0) is 6.54 Å². The number of hydrogen-bond acceptors (Lipinski definition) is 3. The summed E-state index contributed by atoms with van der Waals surface area (Å²) in [5.74, 6) is 0. The second kappa shape index (κ2) is 3.57. The van der Waals surface area contributed by atoms with Crippen LogP contribution in [0.2, 0.25) is 0 Å². The average Bonchev–Trinajstić information content (AvgIpc) is 2.23. The number of fused-ring (bicyclic) bond motifs is 1. The molecular formula is C10H12N4. The number of aryl methyl sites for hydroxylation is 1. The summed E-state index contributed by atoms with van der Waals surface area (Å²) in [6.45, 7) is 2.81. The highest BCUT2D eigenvalue weighted by Gasteiger charge is 1.99. The summed E-state index contributed by atoms with van der Waals surface area (Å²) in [7, 11) is 0. The minimum Gasteiger partial charge on any atom is -0.283 e. The molecular weight excluding hydrogens is 176 g/mol. The Morgan fingerprint density at radius 3 is 2.93 bits per heavy atom. The second-order valence-electron chi connectivity index (χ2n) is 3.18. The minimum atomic E-state index is 0.442. The van der Waals surface area contributed by atoms with Gasteiger partial charge in [0.2, 0.25) is 0 Å². The molecule has 4 heteroatoms. The van der Waals surface area contributed by atoms with Gasteiger partial charge in [-0.15, -0.1) is 5.10 Å². The Balaban J connectivity index is 2.69. The molecule has 2 rings (SSSR count). The fourth-order valence-electron chi connectivity index (χ4n) is 1.42. The lowest BCUT2D eigenvalue weighted by Crippen LogP contribution is -2.24. The van der Waals surface area contributed by atoms with Gasteiger partial charge < -0.3 is 0 Å². The van der Waals surface area contributed by atoms with Gasteiger partial charge >= 0.3 is 0 Å². The average molecular weight is 188 g/mol. The predicted octanol–water partition coefficient (Wildman–Crippen LogP) is 1.32. The number of aromatic nitrogens is 3. The van der Waals surface area contributed by atoms with Crippen LogP contribution >= 0.6 is 0 Å². The van der Waals surface area contributed by atoms with Crippen LogP contribution in [0.1, 0.15) is 13.3 Å². The van der Waals surface area contributed by atoms with E-state index in [1.807, 2.05) is 24.3 Å². The number of hydrogen-bond donors (Lipinski definition) is 1. The molecule has 0 saturated carbocycles. The summed E-state index contributed by atoms with van der Waals surface area (Å²) >= 11 is 0. The van der Waals surface area contributed by atoms with Crippen molar-refractivity contribution in [3.63, 3.8) is 0 Å². The van der Waals surface area contributed by atoms with Gasteiger partial charge in [-0.1, -0.05) is 24.3 Å². The third-order valence-corrected chi connectivity index (χ3v) is 2.11. The first-order chi connectivity index (χ1) is 6.83. The Bertz CT molecular complexity index is 501. The fourth-order valence-corrected chi connectivity index (χ4v) is 1.42. The maximum atomic E-state index is 7.90. The van der Waals surface area contributed by atoms with Gasteiger partial charge in [-0.3, -0.25) is 5.41 Å². The van der Waals surface area contributed by atoms with Crippen LogP contribution < -0.4 is 5.49 Å². The van der Waals surface area contributed by atoms with Gasteiger partial charge in [0, 0.05) is 11.9 Å². The molecule has 0 atom stereocenters. The van der Waals surface area contributed by atoms with Crippen molar-refractivity contribution in [1.82, 2.24) is 15.0 Å². The van der Waals surface area contributed by atoms with E-state index in [9.17, 15) is 0 Å². The van der Waals surface area contributed by atoms with Crippen LogP contribution in [0, 0.1) is 5.41 Å². The van der Waals surface area contributed by atoms with E-state index in [0.29, 0.717) is 5.49 Å². The smallest absolute Gasteiger partial charge is 0.152 e. The molecule has 0 aliphatic rings. The van der Waals surface area contributed by atoms with Gasteiger partial charge in [0.05, 0.1) is 5.52 Å². The van der Waals surface area contributed by atoms with Crippen molar-refractivity contribution < 1.29 is 0 Å². The van der Waals surface area contributed by atoms with Gasteiger partial charge in [-0.05, 0) is 18.6 Å². The summed E-state index contributed by atoms with van der Waals surface area (Å²) in [4.78, 5) is 0. The van der Waals surface area contributed by atoms with E-state index >= 15 is 0 Å². The van der Waals surface area contributed by atoms with Crippen molar-refractivity contribution >= 4 is 10.9 Å². The molecule has 0 fully saturated rings. The Kier molecular flexibility index (Phi) is 2.26. The molecule has 0 aliphatic heterocycles. The largest absolute Gasteiger partial charge is 0.283 e. The molecule has 0 saturated heterocycles. The lowest BCUT2D eigenvalue weighted by atomic mass is 10.2. The molecule has 2 aromatic rings. The standard InChI is InChI=1S/C10H12N4/c1-2-7-14-10(11)8-5-3-4-6-9(8)12-13-14/h3-6,11H,2,7H2,1H3. The van der Waals surface area contributed by atoms with Crippen molar-refractivity contribution in [2.75, 3.05) is 0 Å². The molecule has 0 spiro atoms. The third kappa shape index (κ3) is 1.39. The molecule has 0 aliphatic carbocycles. The monoisotopic (exact) mass is 188 g/mol. The first kappa shape index (κ1) is 8.87. The molecule has 0 amide bonds. The Morgan fingerprint density at radius 1 is 1.36 bits per heavy atom. The molecule has 1 N–H and O–H groups in total. The fraction of sp³-hybridized carbons (Fsp3) is 0.300. The summed E-state index contributed by atoms with van der Waals surface area (Å²) in [5, 5.41) is 16.8. The molecule has 1 heterocycles. The Hall–Kier alpha value is -1.71. The first-order valence-corrected chi connectivity index (χ1v) is 4.70. The van der Waals surface area contributed by atoms with Crippen molar-refractivity contribution in [1.29, 1.82) is 5.41 Å². The third-order valence-electron chi connectivity index (χ3n) is 2.11. The SMILES string of the molecule is CCCn1nnc2ccccc2c1=N. The first-order valence-electron chi connectivity index (χ1n) is 4.70. The highest BCUT2D eigenvalue weighted by molar-refractivity contribution is 5.75. The van der Waals surface area contributed by atoms with Crippen LogP contribution in [0.3, 0.4) is 0 Å². The van der Waals surface area contributed by atoms with Crippen LogP contribution in [-0.4, -0.2) is 15.0 Å². The highest BCUT2D eigenvalue weighted by Crippen LogP contribution is 2.03. The van der Waals surface area contributed by atoms with Gasteiger partial charge in [0.1, 0.15) is 0 Å². The minimum absolute atomic E-state index is 0.442. The van der Waals surface area contributed by atoms with Crippen molar-refractivity contribution in [3.05, 3.63) is 29.8 Å². The van der Waals surface area contributed by atoms with Crippen molar-refractivity contribution in [3.8, 4) is 0 Å². The summed E-state index contributed by atoms with van der Waals surface area (Å²) in [5.41, 5.74) is 1.22. The number of rotatable bonds is 2. The van der Waals surface area contributed by atoms with E-state index in [0.717, 1.165) is 23.9 Å². The topological polar surface area (TPSA) is 54.6 Å². The number of nitrogens with one attached hydrogen (secondary N) is 1. The zero-order valence-electron chi connectivity index (χ0n) is 8.07. The quantitative estimate of drug-likeness (QED) is 0.772. The predicted molar refractivity (Wildman–Crippen MR) is 53.7 cm³/mol. The highest BCUT2D eigenvalue weighted by atomic mass is 15.4. The van der Waals surface area contributed by atoms with Crippen LogP contribution in [0.25, 0.3) is 10.9 Å². The Labute approximate surface area is 81.7 Å². The lowest BCUT2D eigenvalue weighted by molar-refractivity contribution is 0.529. The molecule has 0 radical (unpaired) electrons. The van der Waals surface area contributed by atoms with Gasteiger partial charge in [0.25, 0.3) is 0 Å². The number of benzene rings is 1. The van der Waals surface area contributed by atoms with E-state index in [2.05, 4.69) is 17.2 Å². The maximum absolute atomic E-state index is 7.90. The lowest BCUT2D eigenvalue weighted by Gasteiger charge is -2.03. The normalized spacial score (nSPS) is 10.6. The van der Waals surface area contributed by atoms with E-state index in [4.69, 9.17) is 5.41 Å². The van der Waals surface area contributed by atoms with E-state index in [1.165, 1.54) is 0 Å². The summed E-state index contributed by atoms with van der Waals surface area (Å²) < 4.78 is 1.63. The van der Waals surface area contributed by atoms with Crippen molar-refractivity contribution in [2.45, 2.75) is 19.9 Å². The Morgan fingerprint density at radius 2 is 2.14 bits per heavy atom. The van der Waals surface area contributed by atoms with E-state index in [1.54, 1.807) is 4.68 Å². The van der Waals surface area contributed by atoms with E-state index < -0.39 is 0 Å². The molecule has 1 aromatic heterocycles. The van der Waals surface area contributed by atoms with Gasteiger partial charge in [-0.2, -0.15) is 0 Å². The summed E-state index contributed by atoms with van der Waals surface area (Å²) in [6, 6.07) is 7.59. The molecule has 14 heavy (non-hydrogen) atoms. The zero-order chi connectivity index (χ0) is 9.97. The van der Waals surface area contributed by atoms with Gasteiger partial charge in [0.15, 0.2) is 5.49 Å². The second-order valence-corrected chi connectivity index (χ2v) is 3.18. The zero-order valence-corrected chi connectivity index (χ0v) is 8.07. The summed E-state index contributed by atoms with van der Waals surface area (Å²) in [6.07, 6.45) is 0.962. The van der Waals surface area contributed by atoms with Crippen LogP contribution in [0.4, 0.5) is 0 Å². The maximum Gasteiger partial charge on any atom is 0.152 e. The molecule has 1 aromatic carbocycles. The molecule has 72 valence electrons. The number of nitrogens with zero attached hydrogens (tertiary/aromatic N) is 3. The van der Waals surface area contributed by atoms with Gasteiger partial charge in [-0.25, -0.2) is 4.68 Å². The van der Waals surface area contributed by atoms with E-state index in [-0.39, 0.29) is 0 Å². The van der Waals surface area contributed by atoms with Crippen molar-refractivity contribution in [2.24, 2.45) is 0 Å². The molecule has 4 nitrogen and oxygen atoms in total. The van der Waals surface area contributed by atoms with Crippen LogP contribution in [0.5, 0.6) is 0 Å². The van der Waals surface area contributed by atoms with Crippen LogP contribution in [0.15, 0.2) is 24.3 Å².